The Morgan fingerprint density at radius 2 is 2.24 bits per heavy atom. The first-order valence-corrected chi connectivity index (χ1v) is 8.42. The normalized spacial score (nSPS) is 25.0. The largest absolute Gasteiger partial charge is 0.465 e. The maximum absolute atomic E-state index is 12.1. The molecule has 1 saturated carbocycles. The third kappa shape index (κ3) is 3.95. The molecular weight excluding hydrogens is 286 g/mol. The van der Waals surface area contributed by atoms with Crippen molar-refractivity contribution < 1.29 is 9.53 Å². The van der Waals surface area contributed by atoms with Gasteiger partial charge in [-0.1, -0.05) is 18.2 Å². The number of aromatic nitrogens is 2. The monoisotopic (exact) mass is 309 g/mol. The predicted molar refractivity (Wildman–Crippen MR) is 83.0 cm³/mol. The van der Waals surface area contributed by atoms with Crippen LogP contribution in [0, 0.1) is 12.8 Å². The molecule has 0 bridgehead atoms. The lowest BCUT2D eigenvalue weighted by atomic mass is 9.86. The molecule has 1 aliphatic rings. The highest BCUT2D eigenvalue weighted by Crippen LogP contribution is 2.38. The molecule has 116 valence electrons. The maximum Gasteiger partial charge on any atom is 0.326 e. The summed E-state index contributed by atoms with van der Waals surface area (Å²) in [5.74, 6) is 0.810. The predicted octanol–water partition coefficient (Wildman–Crippen LogP) is 2.33. The van der Waals surface area contributed by atoms with Crippen LogP contribution >= 0.6 is 11.8 Å². The van der Waals surface area contributed by atoms with Crippen LogP contribution in [-0.2, 0) is 9.53 Å². The molecular formula is C15H23N3O2S. The Labute approximate surface area is 130 Å². The number of aryl methyl sites for hydroxylation is 1. The van der Waals surface area contributed by atoms with Crippen molar-refractivity contribution >= 4 is 17.7 Å². The van der Waals surface area contributed by atoms with Crippen molar-refractivity contribution in [2.24, 2.45) is 11.7 Å². The zero-order chi connectivity index (χ0) is 15.3. The summed E-state index contributed by atoms with van der Waals surface area (Å²) >= 11 is 1.61. The molecule has 21 heavy (non-hydrogen) atoms. The van der Waals surface area contributed by atoms with Crippen molar-refractivity contribution in [1.29, 1.82) is 0 Å². The smallest absolute Gasteiger partial charge is 0.326 e. The van der Waals surface area contributed by atoms with E-state index < -0.39 is 5.54 Å². The zero-order valence-corrected chi connectivity index (χ0v) is 13.5. The van der Waals surface area contributed by atoms with Crippen molar-refractivity contribution in [3.63, 3.8) is 0 Å². The van der Waals surface area contributed by atoms with Crippen LogP contribution in [0.5, 0.6) is 0 Å². The van der Waals surface area contributed by atoms with E-state index in [1.165, 1.54) is 0 Å². The second-order valence-electron chi connectivity index (χ2n) is 5.53. The molecule has 0 amide bonds. The van der Waals surface area contributed by atoms with Gasteiger partial charge in [-0.05, 0) is 44.6 Å². The fourth-order valence-corrected chi connectivity index (χ4v) is 3.63. The van der Waals surface area contributed by atoms with Crippen LogP contribution in [0.25, 0.3) is 0 Å². The van der Waals surface area contributed by atoms with E-state index in [0.717, 1.165) is 42.2 Å². The molecule has 0 spiro atoms. The minimum Gasteiger partial charge on any atom is -0.465 e. The van der Waals surface area contributed by atoms with Crippen LogP contribution in [-0.4, -0.2) is 33.8 Å². The average Bonchev–Trinajstić information content (AvgIpc) is 2.84. The molecule has 1 fully saturated rings. The van der Waals surface area contributed by atoms with Gasteiger partial charge in [-0.15, -0.1) is 0 Å². The first kappa shape index (κ1) is 16.2. The van der Waals surface area contributed by atoms with Crippen molar-refractivity contribution in [3.8, 4) is 0 Å². The van der Waals surface area contributed by atoms with E-state index in [-0.39, 0.29) is 11.9 Å². The van der Waals surface area contributed by atoms with E-state index in [0.29, 0.717) is 6.61 Å². The first-order chi connectivity index (χ1) is 10.1. The zero-order valence-electron chi connectivity index (χ0n) is 12.7. The van der Waals surface area contributed by atoms with Gasteiger partial charge in [0.15, 0.2) is 5.16 Å². The van der Waals surface area contributed by atoms with Crippen LogP contribution < -0.4 is 5.73 Å². The van der Waals surface area contributed by atoms with Crippen LogP contribution in [0.4, 0.5) is 0 Å². The summed E-state index contributed by atoms with van der Waals surface area (Å²) in [6.45, 7) is 4.17. The molecule has 0 aliphatic heterocycles. The summed E-state index contributed by atoms with van der Waals surface area (Å²) in [5, 5.41) is 0.775. The summed E-state index contributed by atoms with van der Waals surface area (Å²) in [6.07, 6.45) is 7.23. The molecule has 2 N–H and O–H groups in total. The summed E-state index contributed by atoms with van der Waals surface area (Å²) < 4.78 is 5.14. The molecule has 1 heterocycles. The molecule has 0 aromatic carbocycles. The summed E-state index contributed by atoms with van der Waals surface area (Å²) in [4.78, 5) is 20.6. The number of nitrogens with zero attached hydrogens (tertiary/aromatic N) is 2. The third-order valence-corrected chi connectivity index (χ3v) is 4.89. The van der Waals surface area contributed by atoms with E-state index in [1.54, 1.807) is 11.8 Å². The summed E-state index contributed by atoms with van der Waals surface area (Å²) in [6, 6.07) is 0. The van der Waals surface area contributed by atoms with E-state index in [9.17, 15) is 4.79 Å². The van der Waals surface area contributed by atoms with Crippen LogP contribution in [0.15, 0.2) is 17.6 Å². The lowest BCUT2D eigenvalue weighted by Crippen LogP contribution is -2.52. The number of esters is 1. The number of hydrogen-bond donors (Lipinski definition) is 1. The van der Waals surface area contributed by atoms with Gasteiger partial charge in [-0.3, -0.25) is 4.79 Å². The van der Waals surface area contributed by atoms with Gasteiger partial charge in [0.05, 0.1) is 6.61 Å². The molecule has 6 heteroatoms. The minimum absolute atomic E-state index is 0.189. The van der Waals surface area contributed by atoms with Gasteiger partial charge >= 0.3 is 5.97 Å². The van der Waals surface area contributed by atoms with Crippen LogP contribution in [0.2, 0.25) is 0 Å². The Morgan fingerprint density at radius 3 is 2.90 bits per heavy atom. The topological polar surface area (TPSA) is 78.1 Å². The number of carbonyl (C=O) groups excluding carboxylic acids is 1. The van der Waals surface area contributed by atoms with E-state index >= 15 is 0 Å². The Bertz CT molecular complexity index is 480. The number of nitrogens with two attached hydrogens (primary N) is 1. The van der Waals surface area contributed by atoms with E-state index in [4.69, 9.17) is 10.5 Å². The number of rotatable bonds is 6. The van der Waals surface area contributed by atoms with Gasteiger partial charge < -0.3 is 10.5 Å². The van der Waals surface area contributed by atoms with Crippen molar-refractivity contribution in [1.82, 2.24) is 9.97 Å². The van der Waals surface area contributed by atoms with Gasteiger partial charge in [0.2, 0.25) is 0 Å². The molecule has 2 rings (SSSR count). The molecule has 2 unspecified atom stereocenters. The maximum atomic E-state index is 12.1. The lowest BCUT2D eigenvalue weighted by Gasteiger charge is -2.28. The Hall–Kier alpha value is -1.14. The second-order valence-corrected chi connectivity index (χ2v) is 6.59. The fraction of sp³-hybridized carbons (Fsp3) is 0.667. The number of ether oxygens (including phenoxy) is 1. The van der Waals surface area contributed by atoms with Gasteiger partial charge in [-0.2, -0.15) is 0 Å². The minimum atomic E-state index is -0.801. The van der Waals surface area contributed by atoms with Crippen molar-refractivity contribution in [2.45, 2.75) is 50.2 Å². The molecule has 2 atom stereocenters. The number of hydrogen-bond acceptors (Lipinski definition) is 6. The van der Waals surface area contributed by atoms with Crippen LogP contribution in [0.3, 0.4) is 0 Å². The second kappa shape index (κ2) is 7.22. The average molecular weight is 309 g/mol. The number of thioether (sulfide) groups is 1. The Balaban J connectivity index is 1.87. The molecule has 0 radical (unpaired) electrons. The quantitative estimate of drug-likeness (QED) is 0.493. The molecule has 1 aromatic rings. The number of carbonyl (C=O) groups is 1. The van der Waals surface area contributed by atoms with Crippen LogP contribution in [0.1, 0.15) is 38.2 Å². The van der Waals surface area contributed by atoms with Gasteiger partial charge in [0, 0.05) is 18.1 Å². The van der Waals surface area contributed by atoms with Gasteiger partial charge in [0.1, 0.15) is 5.54 Å². The molecule has 5 nitrogen and oxygen atoms in total. The Morgan fingerprint density at radius 1 is 1.52 bits per heavy atom. The highest BCUT2D eigenvalue weighted by Gasteiger charge is 2.46. The first-order valence-electron chi connectivity index (χ1n) is 7.44. The SMILES string of the molecule is CCOC(=O)C1(N)CCCC1CCSc1ncc(C)cn1. The summed E-state index contributed by atoms with van der Waals surface area (Å²) in [7, 11) is 0. The van der Waals surface area contributed by atoms with Gasteiger partial charge in [0.25, 0.3) is 0 Å². The summed E-state index contributed by atoms with van der Waals surface area (Å²) in [5.41, 5.74) is 6.57. The Kier molecular flexibility index (Phi) is 5.58. The van der Waals surface area contributed by atoms with Crippen molar-refractivity contribution in [2.75, 3.05) is 12.4 Å². The highest BCUT2D eigenvalue weighted by atomic mass is 32.2. The molecule has 1 aliphatic carbocycles. The van der Waals surface area contributed by atoms with E-state index in [2.05, 4.69) is 9.97 Å². The van der Waals surface area contributed by atoms with Crippen molar-refractivity contribution in [3.05, 3.63) is 18.0 Å². The van der Waals surface area contributed by atoms with E-state index in [1.807, 2.05) is 26.2 Å². The third-order valence-electron chi connectivity index (χ3n) is 3.98. The standard InChI is InChI=1S/C15H23N3O2S/c1-3-20-13(19)15(16)7-4-5-12(15)6-8-21-14-17-9-11(2)10-18-14/h9-10,12H,3-8,16H2,1-2H3. The fourth-order valence-electron chi connectivity index (χ4n) is 2.79. The lowest BCUT2D eigenvalue weighted by molar-refractivity contribution is -0.151. The highest BCUT2D eigenvalue weighted by molar-refractivity contribution is 7.99. The molecule has 0 saturated heterocycles. The van der Waals surface area contributed by atoms with Gasteiger partial charge in [-0.25, -0.2) is 9.97 Å². The molecule has 1 aromatic heterocycles.